The van der Waals surface area contributed by atoms with E-state index < -0.39 is 23.8 Å². The average Bonchev–Trinajstić information content (AvgIpc) is 3.31. The van der Waals surface area contributed by atoms with E-state index >= 15 is 0 Å². The van der Waals surface area contributed by atoms with Crippen molar-refractivity contribution in [1.29, 1.82) is 0 Å². The minimum atomic E-state index is -1.51. The van der Waals surface area contributed by atoms with E-state index in [1.807, 2.05) is 13.2 Å². The third-order valence-electron chi connectivity index (χ3n) is 6.30. The standard InChI is InChI=1S/C25H26F2N6O3/c1-25(35,14-34)22-10-19-20(12-28-22)31-24(23(30-19)15-11-29-32(2)13-15)33-7-5-17(6-8-33)36-21-4-3-16(26)9-18(21)27/h3-4,9-13,17,34-35H,5-8,14H2,1-2H3. The summed E-state index contributed by atoms with van der Waals surface area (Å²) >= 11 is 0. The molecule has 0 radical (unpaired) electrons. The Morgan fingerprint density at radius 1 is 1.11 bits per heavy atom. The lowest BCUT2D eigenvalue weighted by Crippen LogP contribution is -2.39. The maximum Gasteiger partial charge on any atom is 0.167 e. The Bertz CT molecular complexity index is 1400. The highest BCUT2D eigenvalue weighted by Gasteiger charge is 2.28. The zero-order valence-corrected chi connectivity index (χ0v) is 19.9. The van der Waals surface area contributed by atoms with Crippen molar-refractivity contribution in [1.82, 2.24) is 24.7 Å². The minimum Gasteiger partial charge on any atom is -0.487 e. The molecule has 0 aliphatic carbocycles. The fraction of sp³-hybridized carbons (Fsp3) is 0.360. The third kappa shape index (κ3) is 4.71. The number of piperidine rings is 1. The van der Waals surface area contributed by atoms with Crippen molar-refractivity contribution in [3.8, 4) is 17.0 Å². The molecule has 188 valence electrons. The lowest BCUT2D eigenvalue weighted by Gasteiger charge is -2.33. The molecule has 1 atom stereocenters. The number of rotatable bonds is 6. The fourth-order valence-corrected chi connectivity index (χ4v) is 4.22. The second kappa shape index (κ2) is 9.40. The number of ether oxygens (including phenoxy) is 1. The van der Waals surface area contributed by atoms with Gasteiger partial charge in [0.2, 0.25) is 0 Å². The second-order valence-electron chi connectivity index (χ2n) is 9.17. The highest BCUT2D eigenvalue weighted by molar-refractivity contribution is 5.83. The van der Waals surface area contributed by atoms with Crippen LogP contribution in [0.5, 0.6) is 5.75 Å². The van der Waals surface area contributed by atoms with Crippen LogP contribution in [0.4, 0.5) is 14.6 Å². The van der Waals surface area contributed by atoms with E-state index in [4.69, 9.17) is 14.7 Å². The molecule has 4 heterocycles. The van der Waals surface area contributed by atoms with Crippen LogP contribution in [0.25, 0.3) is 22.3 Å². The summed E-state index contributed by atoms with van der Waals surface area (Å²) in [5.74, 6) is -0.666. The van der Waals surface area contributed by atoms with Gasteiger partial charge in [-0.2, -0.15) is 5.10 Å². The van der Waals surface area contributed by atoms with Gasteiger partial charge in [0.25, 0.3) is 0 Å². The summed E-state index contributed by atoms with van der Waals surface area (Å²) in [6.07, 6.45) is 6.09. The Morgan fingerprint density at radius 3 is 2.56 bits per heavy atom. The van der Waals surface area contributed by atoms with Crippen molar-refractivity contribution in [2.75, 3.05) is 24.6 Å². The maximum absolute atomic E-state index is 14.0. The summed E-state index contributed by atoms with van der Waals surface area (Å²) in [5, 5.41) is 24.2. The van der Waals surface area contributed by atoms with Crippen LogP contribution in [0.3, 0.4) is 0 Å². The van der Waals surface area contributed by atoms with Crippen molar-refractivity contribution in [2.24, 2.45) is 7.05 Å². The molecular formula is C25H26F2N6O3. The molecule has 0 amide bonds. The summed E-state index contributed by atoms with van der Waals surface area (Å²) in [7, 11) is 1.82. The summed E-state index contributed by atoms with van der Waals surface area (Å²) in [6.45, 7) is 2.18. The van der Waals surface area contributed by atoms with E-state index in [0.29, 0.717) is 54.2 Å². The Labute approximate surface area is 206 Å². The molecule has 1 fully saturated rings. The number of fused-ring (bicyclic) bond motifs is 1. The highest BCUT2D eigenvalue weighted by Crippen LogP contribution is 2.33. The number of aliphatic hydroxyl groups is 2. The van der Waals surface area contributed by atoms with Gasteiger partial charge in [-0.3, -0.25) is 9.67 Å². The van der Waals surface area contributed by atoms with Crippen LogP contribution in [0, 0.1) is 11.6 Å². The highest BCUT2D eigenvalue weighted by atomic mass is 19.1. The van der Waals surface area contributed by atoms with E-state index in [1.54, 1.807) is 16.9 Å². The largest absolute Gasteiger partial charge is 0.487 e. The van der Waals surface area contributed by atoms with Gasteiger partial charge in [-0.25, -0.2) is 18.7 Å². The normalized spacial score (nSPS) is 16.3. The number of halogens is 2. The first-order valence-corrected chi connectivity index (χ1v) is 11.6. The van der Waals surface area contributed by atoms with E-state index in [0.717, 1.165) is 11.6 Å². The number of pyridine rings is 1. The van der Waals surface area contributed by atoms with Gasteiger partial charge in [-0.15, -0.1) is 0 Å². The first-order valence-electron chi connectivity index (χ1n) is 11.6. The van der Waals surface area contributed by atoms with Gasteiger partial charge in [-0.1, -0.05) is 0 Å². The number of hydrogen-bond acceptors (Lipinski definition) is 8. The molecule has 11 heteroatoms. The molecule has 0 bridgehead atoms. The molecule has 36 heavy (non-hydrogen) atoms. The monoisotopic (exact) mass is 496 g/mol. The number of aryl methyl sites for hydroxylation is 1. The maximum atomic E-state index is 14.0. The Morgan fingerprint density at radius 2 is 1.89 bits per heavy atom. The molecule has 0 spiro atoms. The molecule has 1 saturated heterocycles. The number of hydrogen-bond donors (Lipinski definition) is 2. The Balaban J connectivity index is 1.44. The number of aliphatic hydroxyl groups excluding tert-OH is 1. The molecule has 5 rings (SSSR count). The van der Waals surface area contributed by atoms with Crippen molar-refractivity contribution in [3.05, 3.63) is 60.2 Å². The number of nitrogens with zero attached hydrogens (tertiary/aromatic N) is 6. The van der Waals surface area contributed by atoms with Gasteiger partial charge in [0, 0.05) is 50.8 Å². The summed E-state index contributed by atoms with van der Waals surface area (Å²) < 4.78 is 34.7. The molecule has 1 unspecified atom stereocenters. The average molecular weight is 497 g/mol. The number of benzene rings is 1. The summed E-state index contributed by atoms with van der Waals surface area (Å²) in [6, 6.07) is 4.92. The van der Waals surface area contributed by atoms with Crippen molar-refractivity contribution < 1.29 is 23.7 Å². The van der Waals surface area contributed by atoms with Gasteiger partial charge in [0.15, 0.2) is 17.4 Å². The molecule has 2 N–H and O–H groups in total. The van der Waals surface area contributed by atoms with Gasteiger partial charge < -0.3 is 19.8 Å². The van der Waals surface area contributed by atoms with E-state index in [9.17, 15) is 19.0 Å². The number of aromatic nitrogens is 5. The lowest BCUT2D eigenvalue weighted by molar-refractivity contribution is -0.00573. The quantitative estimate of drug-likeness (QED) is 0.419. The fourth-order valence-electron chi connectivity index (χ4n) is 4.22. The zero-order chi connectivity index (χ0) is 25.4. The topological polar surface area (TPSA) is 109 Å². The van der Waals surface area contributed by atoms with E-state index in [2.05, 4.69) is 15.0 Å². The molecule has 3 aromatic heterocycles. The number of anilines is 1. The van der Waals surface area contributed by atoms with Crippen molar-refractivity contribution in [2.45, 2.75) is 31.5 Å². The predicted molar refractivity (Wildman–Crippen MR) is 128 cm³/mol. The van der Waals surface area contributed by atoms with Crippen LogP contribution >= 0.6 is 0 Å². The molecule has 9 nitrogen and oxygen atoms in total. The molecule has 1 aromatic carbocycles. The molecular weight excluding hydrogens is 470 g/mol. The smallest absolute Gasteiger partial charge is 0.167 e. The lowest BCUT2D eigenvalue weighted by atomic mass is 10.0. The van der Waals surface area contributed by atoms with Gasteiger partial charge in [-0.05, 0) is 25.1 Å². The molecule has 4 aromatic rings. The van der Waals surface area contributed by atoms with Crippen LogP contribution in [0.15, 0.2) is 42.9 Å². The van der Waals surface area contributed by atoms with Gasteiger partial charge in [0.1, 0.15) is 28.7 Å². The van der Waals surface area contributed by atoms with Crippen molar-refractivity contribution in [3.63, 3.8) is 0 Å². The predicted octanol–water partition coefficient (Wildman–Crippen LogP) is 2.95. The molecule has 1 aliphatic rings. The SMILES string of the molecule is Cn1cc(-c2nc3cc(C(C)(O)CO)ncc3nc2N2CCC(Oc3ccc(F)cc3F)CC2)cn1. The first kappa shape index (κ1) is 24.0. The molecule has 0 saturated carbocycles. The van der Waals surface area contributed by atoms with E-state index in [-0.39, 0.29) is 11.9 Å². The Hall–Kier alpha value is -3.70. The van der Waals surface area contributed by atoms with Crippen LogP contribution < -0.4 is 9.64 Å². The minimum absolute atomic E-state index is 0.0389. The first-order chi connectivity index (χ1) is 17.2. The van der Waals surface area contributed by atoms with Crippen LogP contribution in [0.2, 0.25) is 0 Å². The van der Waals surface area contributed by atoms with Gasteiger partial charge >= 0.3 is 0 Å². The van der Waals surface area contributed by atoms with Crippen molar-refractivity contribution >= 4 is 16.9 Å². The second-order valence-corrected chi connectivity index (χ2v) is 9.17. The Kier molecular flexibility index (Phi) is 6.27. The third-order valence-corrected chi connectivity index (χ3v) is 6.30. The van der Waals surface area contributed by atoms with Crippen LogP contribution in [-0.4, -0.2) is 60.7 Å². The summed E-state index contributed by atoms with van der Waals surface area (Å²) in [4.78, 5) is 16.1. The van der Waals surface area contributed by atoms with E-state index in [1.165, 1.54) is 25.3 Å². The van der Waals surface area contributed by atoms with Crippen LogP contribution in [0.1, 0.15) is 25.5 Å². The van der Waals surface area contributed by atoms with Gasteiger partial charge in [0.05, 0.1) is 30.2 Å². The zero-order valence-electron chi connectivity index (χ0n) is 19.9. The van der Waals surface area contributed by atoms with Crippen LogP contribution in [-0.2, 0) is 12.6 Å². The summed E-state index contributed by atoms with van der Waals surface area (Å²) in [5.41, 5.74) is 1.27. The molecule has 1 aliphatic heterocycles.